The van der Waals surface area contributed by atoms with Crippen molar-refractivity contribution in [1.82, 2.24) is 0 Å². The van der Waals surface area contributed by atoms with Crippen LogP contribution < -0.4 is 24.8 Å². The first-order valence-electron chi connectivity index (χ1n) is 12.2. The number of methoxy groups -OCH3 is 2. The van der Waals surface area contributed by atoms with Gasteiger partial charge in [0.2, 0.25) is 0 Å². The van der Waals surface area contributed by atoms with E-state index < -0.39 is 35.7 Å². The maximum Gasteiger partial charge on any atom is 0.416 e. The van der Waals surface area contributed by atoms with Crippen molar-refractivity contribution in [2.24, 2.45) is 0 Å². The van der Waals surface area contributed by atoms with E-state index >= 15 is 0 Å². The van der Waals surface area contributed by atoms with Crippen molar-refractivity contribution in [1.29, 1.82) is 0 Å². The van der Waals surface area contributed by atoms with E-state index in [-0.39, 0.29) is 22.6 Å². The van der Waals surface area contributed by atoms with Crippen LogP contribution in [0.2, 0.25) is 0 Å². The largest absolute Gasteiger partial charge is 0.493 e. The number of aromatic carboxylic acids is 1. The van der Waals surface area contributed by atoms with Crippen molar-refractivity contribution in [3.63, 3.8) is 0 Å². The summed E-state index contributed by atoms with van der Waals surface area (Å²) in [4.78, 5) is 24.7. The molecule has 8 nitrogen and oxygen atoms in total. The van der Waals surface area contributed by atoms with Gasteiger partial charge in [0.1, 0.15) is 23.2 Å². The highest BCUT2D eigenvalue weighted by Crippen LogP contribution is 2.35. The van der Waals surface area contributed by atoms with Gasteiger partial charge in [-0.2, -0.15) is 13.2 Å². The number of carbonyl (C=O) groups is 2. The second-order valence-corrected chi connectivity index (χ2v) is 8.83. The van der Waals surface area contributed by atoms with E-state index in [2.05, 4.69) is 10.6 Å². The number of hydrogen-bond acceptors (Lipinski definition) is 5. The number of benzene rings is 4. The normalized spacial score (nSPS) is 11.8. The summed E-state index contributed by atoms with van der Waals surface area (Å²) in [6.45, 7) is 0. The predicted molar refractivity (Wildman–Crippen MR) is 146 cm³/mol. The van der Waals surface area contributed by atoms with Crippen LogP contribution in [-0.2, 0) is 6.18 Å². The van der Waals surface area contributed by atoms with Crippen LogP contribution in [0.5, 0.6) is 17.2 Å². The van der Waals surface area contributed by atoms with Crippen molar-refractivity contribution < 1.29 is 46.5 Å². The van der Waals surface area contributed by atoms with Crippen molar-refractivity contribution in [3.8, 4) is 17.2 Å². The third-order valence-corrected chi connectivity index (χ3v) is 6.07. The Morgan fingerprint density at radius 3 is 1.79 bits per heavy atom. The van der Waals surface area contributed by atoms with Crippen LogP contribution in [0.4, 0.5) is 33.7 Å². The fraction of sp³-hybridized carbons (Fsp3) is 0.133. The topological polar surface area (TPSA) is 106 Å². The minimum atomic E-state index is -4.56. The molecule has 3 N–H and O–H groups in total. The highest BCUT2D eigenvalue weighted by atomic mass is 19.4. The van der Waals surface area contributed by atoms with Gasteiger partial charge in [0.05, 0.1) is 19.8 Å². The average Bonchev–Trinajstić information content (AvgIpc) is 2.96. The zero-order chi connectivity index (χ0) is 30.4. The van der Waals surface area contributed by atoms with Crippen LogP contribution in [-0.4, -0.2) is 31.3 Å². The number of carbonyl (C=O) groups excluding carboxylic acids is 1. The Balaban J connectivity index is 1.60. The van der Waals surface area contributed by atoms with Crippen molar-refractivity contribution in [2.45, 2.75) is 12.3 Å². The lowest BCUT2D eigenvalue weighted by Crippen LogP contribution is -2.20. The Kier molecular flexibility index (Phi) is 8.84. The van der Waals surface area contributed by atoms with E-state index in [0.29, 0.717) is 22.7 Å². The molecule has 2 amide bonds. The molecule has 0 fully saturated rings. The third-order valence-electron chi connectivity index (χ3n) is 6.07. The minimum Gasteiger partial charge on any atom is -0.493 e. The number of hydrogen-bond donors (Lipinski definition) is 3. The summed E-state index contributed by atoms with van der Waals surface area (Å²) in [6.07, 6.45) is -5.64. The van der Waals surface area contributed by atoms with Gasteiger partial charge in [-0.1, -0.05) is 24.3 Å². The monoisotopic (exact) mass is 584 g/mol. The van der Waals surface area contributed by atoms with Crippen LogP contribution >= 0.6 is 0 Å². The first-order valence-corrected chi connectivity index (χ1v) is 12.2. The second kappa shape index (κ2) is 12.5. The summed E-state index contributed by atoms with van der Waals surface area (Å²) in [7, 11) is 2.91. The molecular weight excluding hydrogens is 560 g/mol. The van der Waals surface area contributed by atoms with Gasteiger partial charge < -0.3 is 30.0 Å². The summed E-state index contributed by atoms with van der Waals surface area (Å²) in [5.41, 5.74) is -0.0886. The molecule has 12 heteroatoms. The summed E-state index contributed by atoms with van der Waals surface area (Å²) < 4.78 is 69.3. The van der Waals surface area contributed by atoms with Gasteiger partial charge in [0, 0.05) is 17.4 Å². The molecule has 4 aromatic rings. The number of ether oxygens (including phenoxy) is 3. The molecule has 4 aromatic carbocycles. The molecule has 1 atom stereocenters. The van der Waals surface area contributed by atoms with Gasteiger partial charge in [-0.05, 0) is 65.7 Å². The minimum absolute atomic E-state index is 0.116. The highest BCUT2D eigenvalue weighted by Gasteiger charge is 2.31. The molecule has 0 heterocycles. The first kappa shape index (κ1) is 29.7. The number of nitrogens with one attached hydrogen (secondary N) is 2. The maximum absolute atomic E-state index is 13.6. The predicted octanol–water partition coefficient (Wildman–Crippen LogP) is 7.37. The number of rotatable bonds is 9. The number of alkyl halides is 3. The summed E-state index contributed by atoms with van der Waals surface area (Å²) in [5, 5.41) is 15.0. The zero-order valence-corrected chi connectivity index (χ0v) is 22.2. The molecule has 0 aliphatic heterocycles. The third kappa shape index (κ3) is 7.08. The van der Waals surface area contributed by atoms with E-state index in [4.69, 9.17) is 14.2 Å². The van der Waals surface area contributed by atoms with E-state index in [1.54, 1.807) is 12.1 Å². The smallest absolute Gasteiger partial charge is 0.416 e. The van der Waals surface area contributed by atoms with Gasteiger partial charge in [-0.25, -0.2) is 14.0 Å². The number of halogens is 4. The lowest BCUT2D eigenvalue weighted by Gasteiger charge is -2.22. The van der Waals surface area contributed by atoms with Crippen LogP contribution in [0.3, 0.4) is 0 Å². The van der Waals surface area contributed by atoms with Gasteiger partial charge in [0.15, 0.2) is 11.5 Å². The first-order chi connectivity index (χ1) is 20.0. The summed E-state index contributed by atoms with van der Waals surface area (Å²) >= 11 is 0. The fourth-order valence-electron chi connectivity index (χ4n) is 4.03. The van der Waals surface area contributed by atoms with E-state index in [9.17, 15) is 32.3 Å². The highest BCUT2D eigenvalue weighted by molar-refractivity contribution is 6.01. The molecule has 0 saturated carbocycles. The number of urea groups is 1. The molecule has 218 valence electrons. The van der Waals surface area contributed by atoms with Crippen LogP contribution in [0.15, 0.2) is 84.9 Å². The Morgan fingerprint density at radius 1 is 0.738 bits per heavy atom. The number of amides is 2. The molecule has 1 unspecified atom stereocenters. The van der Waals surface area contributed by atoms with Crippen molar-refractivity contribution in [2.75, 3.05) is 24.9 Å². The summed E-state index contributed by atoms with van der Waals surface area (Å²) in [6, 6.07) is 17.1. The van der Waals surface area contributed by atoms with E-state index in [0.717, 1.165) is 24.3 Å². The molecule has 4 rings (SSSR count). The fourth-order valence-corrected chi connectivity index (χ4v) is 4.03. The van der Waals surface area contributed by atoms with Gasteiger partial charge >= 0.3 is 18.2 Å². The van der Waals surface area contributed by atoms with E-state index in [1.165, 1.54) is 62.8 Å². The number of carboxylic acid groups (broad SMARTS) is 1. The van der Waals surface area contributed by atoms with Crippen molar-refractivity contribution in [3.05, 3.63) is 113 Å². The lowest BCUT2D eigenvalue weighted by atomic mass is 9.99. The van der Waals surface area contributed by atoms with Crippen LogP contribution in [0.1, 0.15) is 33.2 Å². The lowest BCUT2D eigenvalue weighted by molar-refractivity contribution is -0.137. The molecule has 42 heavy (non-hydrogen) atoms. The number of carboxylic acids is 1. The second-order valence-electron chi connectivity index (χ2n) is 8.83. The molecule has 0 radical (unpaired) electrons. The molecular formula is C30H24F4N2O6. The molecule has 0 aliphatic rings. The van der Waals surface area contributed by atoms with Gasteiger partial charge in [0.25, 0.3) is 0 Å². The zero-order valence-electron chi connectivity index (χ0n) is 22.2. The van der Waals surface area contributed by atoms with E-state index in [1.807, 2.05) is 0 Å². The Bertz CT molecular complexity index is 1570. The van der Waals surface area contributed by atoms with Crippen molar-refractivity contribution >= 4 is 23.4 Å². The SMILES string of the molecule is COc1ccc(NC(=O)Nc2ccc(OC(c3ccc(F)cc3)c3ccc(C(F)(F)F)cc3)c(C(=O)O)c2)cc1OC. The van der Waals surface area contributed by atoms with Crippen LogP contribution in [0.25, 0.3) is 0 Å². The molecule has 0 spiro atoms. The maximum atomic E-state index is 13.6. The van der Waals surface area contributed by atoms with Crippen LogP contribution in [0, 0.1) is 5.82 Å². The molecule has 0 bridgehead atoms. The molecule has 0 saturated heterocycles. The Hall–Kier alpha value is -5.26. The number of anilines is 2. The quantitative estimate of drug-likeness (QED) is 0.177. The standard InChI is InChI=1S/C30H24F4N2O6/c1-40-25-14-12-22(16-26(25)41-2)36-29(39)35-21-11-13-24(23(15-21)28(37)38)42-27(18-5-9-20(31)10-6-18)17-3-7-19(8-4-17)30(32,33)34/h3-16,27H,1-2H3,(H,37,38)(H2,35,36,39). The Morgan fingerprint density at radius 2 is 1.26 bits per heavy atom. The average molecular weight is 585 g/mol. The molecule has 0 aromatic heterocycles. The Labute approximate surface area is 237 Å². The summed E-state index contributed by atoms with van der Waals surface area (Å²) in [5.74, 6) is -1.23. The van der Waals surface area contributed by atoms with Gasteiger partial charge in [-0.3, -0.25) is 0 Å². The molecule has 0 aliphatic carbocycles. The van der Waals surface area contributed by atoms with Gasteiger partial charge in [-0.15, -0.1) is 0 Å².